The molecule has 0 spiro atoms. The van der Waals surface area contributed by atoms with E-state index in [1.165, 1.54) is 27.5 Å². The molecule has 0 bridgehead atoms. The molecule has 0 aromatic heterocycles. The van der Waals surface area contributed by atoms with Gasteiger partial charge in [0.2, 0.25) is 0 Å². The molecule has 3 aromatic carbocycles. The van der Waals surface area contributed by atoms with Crippen LogP contribution in [0.3, 0.4) is 0 Å². The van der Waals surface area contributed by atoms with Gasteiger partial charge in [0.05, 0.1) is 6.54 Å². The second-order valence-electron chi connectivity index (χ2n) is 6.40. The van der Waals surface area contributed by atoms with Crippen LogP contribution in [-0.2, 0) is 6.54 Å². The van der Waals surface area contributed by atoms with Crippen LogP contribution in [0.25, 0.3) is 21.9 Å². The van der Waals surface area contributed by atoms with E-state index in [0.29, 0.717) is 0 Å². The summed E-state index contributed by atoms with van der Waals surface area (Å²) in [5.41, 5.74) is 3.79. The smallest absolute Gasteiger partial charge is 0.194 e. The molecule has 0 aliphatic carbocycles. The van der Waals surface area contributed by atoms with Gasteiger partial charge >= 0.3 is 0 Å². The van der Waals surface area contributed by atoms with Crippen LogP contribution >= 0.6 is 24.0 Å². The van der Waals surface area contributed by atoms with Crippen molar-refractivity contribution in [3.8, 4) is 11.1 Å². The van der Waals surface area contributed by atoms with Crippen LogP contribution in [0.1, 0.15) is 12.5 Å². The zero-order valence-corrected chi connectivity index (χ0v) is 17.3. The molecular formula is C22H24IN3. The number of rotatable bonds is 4. The highest BCUT2D eigenvalue weighted by Crippen LogP contribution is 2.24. The Morgan fingerprint density at radius 1 is 0.923 bits per heavy atom. The number of guanidine groups is 1. The molecule has 0 radical (unpaired) electrons. The second-order valence-corrected chi connectivity index (χ2v) is 6.40. The average Bonchev–Trinajstić information content (AvgIpc) is 3.14. The van der Waals surface area contributed by atoms with Crippen molar-refractivity contribution in [2.75, 3.05) is 19.6 Å². The van der Waals surface area contributed by atoms with Crippen molar-refractivity contribution in [3.05, 3.63) is 72.3 Å². The first kappa shape index (κ1) is 18.7. The Labute approximate surface area is 172 Å². The maximum absolute atomic E-state index is 4.53. The number of hydrogen-bond acceptors (Lipinski definition) is 3. The Kier molecular flexibility index (Phi) is 6.14. The van der Waals surface area contributed by atoms with Gasteiger partial charge in [0, 0.05) is 19.6 Å². The van der Waals surface area contributed by atoms with Crippen LogP contribution in [0, 0.1) is 0 Å². The van der Waals surface area contributed by atoms with Gasteiger partial charge in [0.1, 0.15) is 0 Å². The van der Waals surface area contributed by atoms with E-state index in [2.05, 4.69) is 88.9 Å². The van der Waals surface area contributed by atoms with E-state index in [9.17, 15) is 0 Å². The summed E-state index contributed by atoms with van der Waals surface area (Å²) in [4.78, 5) is 6.81. The van der Waals surface area contributed by atoms with E-state index >= 15 is 0 Å². The molecule has 0 amide bonds. The molecule has 134 valence electrons. The molecule has 26 heavy (non-hydrogen) atoms. The van der Waals surface area contributed by atoms with Crippen LogP contribution in [0.5, 0.6) is 0 Å². The van der Waals surface area contributed by atoms with E-state index in [0.717, 1.165) is 32.1 Å². The molecule has 1 aliphatic heterocycles. The van der Waals surface area contributed by atoms with Gasteiger partial charge in [-0.3, -0.25) is 4.99 Å². The number of fused-ring (bicyclic) bond motifs is 1. The molecule has 4 heteroatoms. The minimum absolute atomic E-state index is 0. The Morgan fingerprint density at radius 2 is 1.65 bits per heavy atom. The topological polar surface area (TPSA) is 27.6 Å². The summed E-state index contributed by atoms with van der Waals surface area (Å²) < 4.78 is 0. The molecule has 1 aliphatic rings. The summed E-state index contributed by atoms with van der Waals surface area (Å²) >= 11 is 0. The lowest BCUT2D eigenvalue weighted by molar-refractivity contribution is 0.466. The van der Waals surface area contributed by atoms with Crippen molar-refractivity contribution in [2.45, 2.75) is 13.5 Å². The number of halogens is 1. The van der Waals surface area contributed by atoms with Gasteiger partial charge < -0.3 is 10.2 Å². The van der Waals surface area contributed by atoms with Crippen molar-refractivity contribution in [2.24, 2.45) is 4.99 Å². The highest BCUT2D eigenvalue weighted by atomic mass is 127. The first-order chi connectivity index (χ1) is 12.3. The molecule has 4 rings (SSSR count). The molecule has 3 nitrogen and oxygen atoms in total. The maximum Gasteiger partial charge on any atom is 0.194 e. The lowest BCUT2D eigenvalue weighted by Crippen LogP contribution is -2.37. The summed E-state index contributed by atoms with van der Waals surface area (Å²) in [6.07, 6.45) is 0. The van der Waals surface area contributed by atoms with Crippen molar-refractivity contribution in [3.63, 3.8) is 0 Å². The lowest BCUT2D eigenvalue weighted by Gasteiger charge is -2.18. The third-order valence-corrected chi connectivity index (χ3v) is 4.80. The molecule has 0 atom stereocenters. The first-order valence-electron chi connectivity index (χ1n) is 8.95. The molecule has 0 unspecified atom stereocenters. The SMILES string of the molecule is CCN1CCN=C1NCc1ccc(-c2ccc3ccccc3c2)cc1.I. The minimum atomic E-state index is 0. The van der Waals surface area contributed by atoms with E-state index in [-0.39, 0.29) is 24.0 Å². The Balaban J connectivity index is 0.00000196. The van der Waals surface area contributed by atoms with Gasteiger partial charge in [0.15, 0.2) is 5.96 Å². The van der Waals surface area contributed by atoms with Gasteiger partial charge in [-0.2, -0.15) is 0 Å². The number of nitrogens with one attached hydrogen (secondary N) is 1. The van der Waals surface area contributed by atoms with Gasteiger partial charge in [0.25, 0.3) is 0 Å². The standard InChI is InChI=1S/C22H23N3.HI/c1-2-25-14-13-23-22(25)24-16-17-7-9-19(10-8-17)21-12-11-18-5-3-4-6-20(18)15-21;/h3-12,15H,2,13-14,16H2,1H3,(H,23,24);1H. The Bertz CT molecular complexity index is 903. The van der Waals surface area contributed by atoms with Gasteiger partial charge in [-0.25, -0.2) is 0 Å². The fraction of sp³-hybridized carbons (Fsp3) is 0.227. The minimum Gasteiger partial charge on any atom is -0.352 e. The first-order valence-corrected chi connectivity index (χ1v) is 8.95. The molecule has 0 saturated carbocycles. The maximum atomic E-state index is 4.53. The molecule has 0 saturated heterocycles. The largest absolute Gasteiger partial charge is 0.352 e. The number of nitrogens with zero attached hydrogens (tertiary/aromatic N) is 2. The summed E-state index contributed by atoms with van der Waals surface area (Å²) in [5, 5.41) is 6.02. The fourth-order valence-electron chi connectivity index (χ4n) is 3.32. The molecule has 1 N–H and O–H groups in total. The zero-order chi connectivity index (χ0) is 17.1. The van der Waals surface area contributed by atoms with Crippen molar-refractivity contribution < 1.29 is 0 Å². The van der Waals surface area contributed by atoms with Gasteiger partial charge in [-0.05, 0) is 40.5 Å². The molecule has 3 aromatic rings. The van der Waals surface area contributed by atoms with E-state index in [4.69, 9.17) is 0 Å². The van der Waals surface area contributed by atoms with Crippen LogP contribution in [0.4, 0.5) is 0 Å². The number of likely N-dealkylation sites (N-methyl/N-ethyl adjacent to an activating group) is 1. The van der Waals surface area contributed by atoms with Crippen molar-refractivity contribution >= 4 is 40.7 Å². The van der Waals surface area contributed by atoms with Crippen LogP contribution in [-0.4, -0.2) is 30.5 Å². The quantitative estimate of drug-likeness (QED) is 0.565. The molecule has 0 fully saturated rings. The van der Waals surface area contributed by atoms with Crippen molar-refractivity contribution in [1.82, 2.24) is 10.2 Å². The fourth-order valence-corrected chi connectivity index (χ4v) is 3.32. The Morgan fingerprint density at radius 3 is 2.42 bits per heavy atom. The summed E-state index contributed by atoms with van der Waals surface area (Å²) in [5.74, 6) is 1.03. The summed E-state index contributed by atoms with van der Waals surface area (Å²) in [6, 6.07) is 23.9. The predicted octanol–water partition coefficient (Wildman–Crippen LogP) is 4.91. The highest BCUT2D eigenvalue weighted by molar-refractivity contribution is 14.0. The predicted molar refractivity (Wildman–Crippen MR) is 121 cm³/mol. The number of aliphatic imine (C=N–C) groups is 1. The third kappa shape index (κ3) is 4.01. The molecule has 1 heterocycles. The summed E-state index contributed by atoms with van der Waals surface area (Å²) in [6.45, 7) is 5.91. The van der Waals surface area contributed by atoms with Gasteiger partial charge in [-0.1, -0.05) is 60.7 Å². The van der Waals surface area contributed by atoms with E-state index < -0.39 is 0 Å². The Hall–Kier alpha value is -2.08. The van der Waals surface area contributed by atoms with E-state index in [1.54, 1.807) is 0 Å². The van der Waals surface area contributed by atoms with Crippen LogP contribution < -0.4 is 5.32 Å². The van der Waals surface area contributed by atoms with Crippen LogP contribution in [0.15, 0.2) is 71.7 Å². The van der Waals surface area contributed by atoms with Crippen molar-refractivity contribution in [1.29, 1.82) is 0 Å². The van der Waals surface area contributed by atoms with E-state index in [1.807, 2.05) is 0 Å². The molecular weight excluding hydrogens is 433 g/mol. The average molecular weight is 457 g/mol. The summed E-state index contributed by atoms with van der Waals surface area (Å²) in [7, 11) is 0. The normalized spacial score (nSPS) is 13.4. The third-order valence-electron chi connectivity index (χ3n) is 4.80. The van der Waals surface area contributed by atoms with Crippen LogP contribution in [0.2, 0.25) is 0 Å². The lowest BCUT2D eigenvalue weighted by atomic mass is 10.0. The highest BCUT2D eigenvalue weighted by Gasteiger charge is 2.13. The second kappa shape index (κ2) is 8.54. The zero-order valence-electron chi connectivity index (χ0n) is 15.0. The monoisotopic (exact) mass is 457 g/mol. The number of benzene rings is 3. The van der Waals surface area contributed by atoms with Gasteiger partial charge in [-0.15, -0.1) is 24.0 Å². The number of hydrogen-bond donors (Lipinski definition) is 1.